The highest BCUT2D eigenvalue weighted by atomic mass is 16.6. The Hall–Kier alpha value is -1.13. The number of hydrogen-bond donors (Lipinski definition) is 2. The zero-order valence-corrected chi connectivity index (χ0v) is 11.3. The number of rotatable bonds is 0. The topological polar surface area (TPSA) is 66.8 Å². The van der Waals surface area contributed by atoms with E-state index in [0.29, 0.717) is 12.0 Å². The van der Waals surface area contributed by atoms with Gasteiger partial charge in [-0.25, -0.2) is 4.79 Å². The van der Waals surface area contributed by atoms with E-state index < -0.39 is 29.7 Å². The van der Waals surface area contributed by atoms with Gasteiger partial charge in [-0.2, -0.15) is 0 Å². The Bertz CT molecular complexity index is 477. The van der Waals surface area contributed by atoms with Gasteiger partial charge >= 0.3 is 5.97 Å². The molecule has 0 aromatic heterocycles. The molecule has 3 aliphatic rings. The molecule has 0 spiro atoms. The third-order valence-electron chi connectivity index (χ3n) is 5.12. The lowest BCUT2D eigenvalue weighted by Crippen LogP contribution is -2.44. The Morgan fingerprint density at radius 3 is 2.89 bits per heavy atom. The smallest absolute Gasteiger partial charge is 0.334 e. The van der Waals surface area contributed by atoms with Crippen molar-refractivity contribution in [2.75, 3.05) is 0 Å². The van der Waals surface area contributed by atoms with Gasteiger partial charge in [0.2, 0.25) is 0 Å². The lowest BCUT2D eigenvalue weighted by molar-refractivity contribution is -0.137. The van der Waals surface area contributed by atoms with Crippen LogP contribution in [0.3, 0.4) is 0 Å². The van der Waals surface area contributed by atoms with Gasteiger partial charge in [0.15, 0.2) is 0 Å². The van der Waals surface area contributed by atoms with Crippen LogP contribution in [-0.2, 0) is 9.53 Å². The standard InChI is InChI=1S/C15H20O4/c1-7-6-10-11(8(2)14(17)19-10)13(16)12-9(7)4-5-15(12,3)18/h6,9-13,16,18H,2,4-5H2,1,3H3/t9-,10-,11-,12+,13-,15-/m1/s1. The molecule has 4 nitrogen and oxygen atoms in total. The summed E-state index contributed by atoms with van der Waals surface area (Å²) in [6.45, 7) is 7.52. The summed E-state index contributed by atoms with van der Waals surface area (Å²) in [4.78, 5) is 11.6. The minimum Gasteiger partial charge on any atom is -0.454 e. The Morgan fingerprint density at radius 1 is 1.53 bits per heavy atom. The zero-order chi connectivity index (χ0) is 13.9. The number of hydrogen-bond acceptors (Lipinski definition) is 4. The molecule has 1 saturated heterocycles. The normalized spacial score (nSPS) is 49.3. The maximum Gasteiger partial charge on any atom is 0.334 e. The first kappa shape index (κ1) is 12.9. The van der Waals surface area contributed by atoms with Crippen LogP contribution < -0.4 is 0 Å². The number of esters is 1. The number of aliphatic hydroxyl groups is 2. The van der Waals surface area contributed by atoms with E-state index in [-0.39, 0.29) is 11.8 Å². The van der Waals surface area contributed by atoms with E-state index in [4.69, 9.17) is 4.74 Å². The quantitative estimate of drug-likeness (QED) is 0.392. The highest BCUT2D eigenvalue weighted by molar-refractivity contribution is 5.91. The second kappa shape index (κ2) is 3.93. The number of carbonyl (C=O) groups is 1. The average molecular weight is 264 g/mol. The second-order valence-electron chi connectivity index (χ2n) is 6.35. The summed E-state index contributed by atoms with van der Waals surface area (Å²) in [7, 11) is 0. The van der Waals surface area contributed by atoms with Crippen LogP contribution in [0.1, 0.15) is 26.7 Å². The minimum absolute atomic E-state index is 0.155. The monoisotopic (exact) mass is 264 g/mol. The van der Waals surface area contributed by atoms with E-state index in [1.54, 1.807) is 6.92 Å². The lowest BCUT2D eigenvalue weighted by Gasteiger charge is -2.35. The van der Waals surface area contributed by atoms with E-state index in [9.17, 15) is 15.0 Å². The van der Waals surface area contributed by atoms with Gasteiger partial charge in [0.1, 0.15) is 6.10 Å². The van der Waals surface area contributed by atoms with Crippen molar-refractivity contribution < 1.29 is 19.7 Å². The highest BCUT2D eigenvalue weighted by Gasteiger charge is 2.55. The summed E-state index contributed by atoms with van der Waals surface area (Å²) in [5.41, 5.74) is 0.515. The third kappa shape index (κ3) is 1.70. The second-order valence-corrected chi connectivity index (χ2v) is 6.35. The Balaban J connectivity index is 2.06. The molecule has 0 bridgehead atoms. The fraction of sp³-hybridized carbons (Fsp3) is 0.667. The molecular formula is C15H20O4. The highest BCUT2D eigenvalue weighted by Crippen LogP contribution is 2.51. The van der Waals surface area contributed by atoms with Crippen molar-refractivity contribution in [1.29, 1.82) is 0 Å². The van der Waals surface area contributed by atoms with E-state index in [1.807, 2.05) is 13.0 Å². The van der Waals surface area contributed by atoms with Gasteiger partial charge in [-0.05, 0) is 38.7 Å². The van der Waals surface area contributed by atoms with Crippen LogP contribution in [-0.4, -0.2) is 34.0 Å². The molecule has 19 heavy (non-hydrogen) atoms. The van der Waals surface area contributed by atoms with Gasteiger partial charge in [0, 0.05) is 11.5 Å². The molecule has 2 fully saturated rings. The molecule has 0 aromatic rings. The summed E-state index contributed by atoms with van der Waals surface area (Å²) in [5.74, 6) is -0.969. The van der Waals surface area contributed by atoms with E-state index >= 15 is 0 Å². The van der Waals surface area contributed by atoms with E-state index in [1.165, 1.54) is 0 Å². The number of aliphatic hydroxyl groups excluding tert-OH is 1. The zero-order valence-electron chi connectivity index (χ0n) is 11.3. The molecule has 2 N–H and O–H groups in total. The number of ether oxygens (including phenoxy) is 1. The average Bonchev–Trinajstić information content (AvgIpc) is 2.73. The van der Waals surface area contributed by atoms with Crippen LogP contribution in [0.15, 0.2) is 23.8 Å². The van der Waals surface area contributed by atoms with Gasteiger partial charge < -0.3 is 14.9 Å². The first-order valence-electron chi connectivity index (χ1n) is 6.81. The Morgan fingerprint density at radius 2 is 2.21 bits per heavy atom. The molecule has 2 aliphatic carbocycles. The first-order chi connectivity index (χ1) is 8.83. The van der Waals surface area contributed by atoms with Gasteiger partial charge in [-0.15, -0.1) is 0 Å². The molecule has 0 amide bonds. The summed E-state index contributed by atoms with van der Waals surface area (Å²) in [5, 5.41) is 21.2. The summed E-state index contributed by atoms with van der Waals surface area (Å²) in [6.07, 6.45) is 2.23. The fourth-order valence-electron chi connectivity index (χ4n) is 4.10. The van der Waals surface area contributed by atoms with Crippen molar-refractivity contribution in [1.82, 2.24) is 0 Å². The van der Waals surface area contributed by atoms with Crippen molar-refractivity contribution in [3.05, 3.63) is 23.8 Å². The maximum atomic E-state index is 11.6. The number of fused-ring (bicyclic) bond motifs is 2. The fourth-order valence-corrected chi connectivity index (χ4v) is 4.10. The van der Waals surface area contributed by atoms with Crippen LogP contribution in [0.2, 0.25) is 0 Å². The third-order valence-corrected chi connectivity index (χ3v) is 5.12. The largest absolute Gasteiger partial charge is 0.454 e. The van der Waals surface area contributed by atoms with Crippen LogP contribution in [0.4, 0.5) is 0 Å². The summed E-state index contributed by atoms with van der Waals surface area (Å²) in [6, 6.07) is 0. The summed E-state index contributed by atoms with van der Waals surface area (Å²) < 4.78 is 5.28. The maximum absolute atomic E-state index is 11.6. The molecule has 104 valence electrons. The Labute approximate surface area is 112 Å². The first-order valence-corrected chi connectivity index (χ1v) is 6.81. The molecule has 0 aromatic carbocycles. The lowest BCUT2D eigenvalue weighted by atomic mass is 9.75. The predicted octanol–water partition coefficient (Wildman–Crippen LogP) is 1.18. The van der Waals surface area contributed by atoms with Gasteiger partial charge in [-0.1, -0.05) is 12.2 Å². The van der Waals surface area contributed by atoms with Crippen LogP contribution in [0, 0.1) is 17.8 Å². The van der Waals surface area contributed by atoms with Gasteiger partial charge in [0.25, 0.3) is 0 Å². The molecule has 4 heteroatoms. The molecule has 6 atom stereocenters. The van der Waals surface area contributed by atoms with Gasteiger partial charge in [0.05, 0.1) is 17.6 Å². The molecule has 0 radical (unpaired) electrons. The van der Waals surface area contributed by atoms with Crippen LogP contribution in [0.5, 0.6) is 0 Å². The van der Waals surface area contributed by atoms with Crippen LogP contribution in [0.25, 0.3) is 0 Å². The molecular weight excluding hydrogens is 244 g/mol. The predicted molar refractivity (Wildman–Crippen MR) is 69.1 cm³/mol. The van der Waals surface area contributed by atoms with Crippen molar-refractivity contribution in [3.63, 3.8) is 0 Å². The van der Waals surface area contributed by atoms with Crippen molar-refractivity contribution in [3.8, 4) is 0 Å². The molecule has 1 heterocycles. The molecule has 0 unspecified atom stereocenters. The number of allylic oxidation sites excluding steroid dienone is 1. The van der Waals surface area contributed by atoms with Crippen molar-refractivity contribution in [2.45, 2.75) is 44.5 Å². The van der Waals surface area contributed by atoms with Crippen LogP contribution >= 0.6 is 0 Å². The molecule has 1 saturated carbocycles. The SMILES string of the molecule is C=C1C(=O)O[C@@H]2C=C(C)[C@H]3CC[C@@](C)(O)[C@@H]3[C@H](O)[C@H]12. The van der Waals surface area contributed by atoms with Crippen molar-refractivity contribution >= 4 is 5.97 Å². The Kier molecular flexibility index (Phi) is 2.67. The molecule has 1 aliphatic heterocycles. The van der Waals surface area contributed by atoms with E-state index in [2.05, 4.69) is 6.58 Å². The summed E-state index contributed by atoms with van der Waals surface area (Å²) >= 11 is 0. The molecule has 3 rings (SSSR count). The van der Waals surface area contributed by atoms with E-state index in [0.717, 1.165) is 12.0 Å². The number of carbonyl (C=O) groups excluding carboxylic acids is 1. The minimum atomic E-state index is -0.903. The van der Waals surface area contributed by atoms with Crippen molar-refractivity contribution in [2.24, 2.45) is 17.8 Å². The van der Waals surface area contributed by atoms with Gasteiger partial charge in [-0.3, -0.25) is 0 Å².